The summed E-state index contributed by atoms with van der Waals surface area (Å²) in [6.07, 6.45) is -2.81. The third-order valence-electron chi connectivity index (χ3n) is 5.65. The Morgan fingerprint density at radius 1 is 1.30 bits per heavy atom. The Kier molecular flexibility index (Phi) is 4.35. The molecule has 158 valence electrons. The van der Waals surface area contributed by atoms with Crippen LogP contribution < -0.4 is 10.3 Å². The lowest BCUT2D eigenvalue weighted by atomic mass is 10.0. The van der Waals surface area contributed by atoms with Crippen LogP contribution in [0.15, 0.2) is 48.8 Å². The molecule has 5 rings (SSSR count). The lowest BCUT2D eigenvalue weighted by molar-refractivity contribution is -0.0817. The quantitative estimate of drug-likeness (QED) is 0.484. The van der Waals surface area contributed by atoms with E-state index >= 15 is 0 Å². The van der Waals surface area contributed by atoms with E-state index in [2.05, 4.69) is 10.1 Å². The summed E-state index contributed by atoms with van der Waals surface area (Å²) in [6.45, 7) is -1.16. The average molecular weight is 436 g/mol. The third kappa shape index (κ3) is 2.53. The molecule has 1 aromatic carbocycles. The first kappa shape index (κ1) is 19.4. The van der Waals surface area contributed by atoms with Crippen molar-refractivity contribution < 1.29 is 33.0 Å². The number of aliphatic hydroxyl groups excluding tert-OH is 1. The molecule has 0 radical (unpaired) electrons. The maximum absolute atomic E-state index is 14.0. The number of aliphatic hydroxyl groups is 2. The highest BCUT2D eigenvalue weighted by molar-refractivity contribution is 7.33. The third-order valence-corrected chi connectivity index (χ3v) is 6.48. The van der Waals surface area contributed by atoms with Gasteiger partial charge in [-0.3, -0.25) is 4.52 Å². The number of nitrogen functional groups attached to an aromatic ring is 1. The molecule has 6 atom stereocenters. The SMILES string of the molecule is Nc1ncnn2c([C@@H]3O[C@]4(CF)C(O[PH](=O)Oc5ccccc5)[C@]4(O)[C@H]3O)ccc12. The van der Waals surface area contributed by atoms with Gasteiger partial charge in [0.05, 0.1) is 5.69 Å². The van der Waals surface area contributed by atoms with Crippen molar-refractivity contribution in [3.63, 3.8) is 0 Å². The van der Waals surface area contributed by atoms with E-state index in [-0.39, 0.29) is 5.82 Å². The van der Waals surface area contributed by atoms with Crippen LogP contribution in [0.1, 0.15) is 11.8 Å². The monoisotopic (exact) mass is 436 g/mol. The molecular weight excluding hydrogens is 418 g/mol. The number of hydrogen-bond acceptors (Lipinski definition) is 9. The Morgan fingerprint density at radius 3 is 2.77 bits per heavy atom. The fourth-order valence-electron chi connectivity index (χ4n) is 4.07. The summed E-state index contributed by atoms with van der Waals surface area (Å²) in [7, 11) is -3.15. The molecule has 12 heteroatoms. The Hall–Kier alpha value is -2.56. The highest BCUT2D eigenvalue weighted by Gasteiger charge is 2.89. The second-order valence-electron chi connectivity index (χ2n) is 7.20. The Labute approximate surface area is 170 Å². The van der Waals surface area contributed by atoms with Gasteiger partial charge in [-0.1, -0.05) is 18.2 Å². The zero-order chi connectivity index (χ0) is 21.1. The molecule has 0 amide bonds. The minimum atomic E-state index is -3.15. The zero-order valence-electron chi connectivity index (χ0n) is 15.4. The summed E-state index contributed by atoms with van der Waals surface area (Å²) in [5, 5.41) is 25.8. The number of ether oxygens (including phenoxy) is 1. The van der Waals surface area contributed by atoms with Crippen LogP contribution in [-0.2, 0) is 13.8 Å². The normalized spacial score (nSPS) is 33.4. The van der Waals surface area contributed by atoms with Crippen LogP contribution in [0.2, 0.25) is 0 Å². The van der Waals surface area contributed by atoms with Crippen LogP contribution >= 0.6 is 8.25 Å². The molecule has 1 aliphatic heterocycles. The van der Waals surface area contributed by atoms with Crippen molar-refractivity contribution in [2.75, 3.05) is 12.4 Å². The van der Waals surface area contributed by atoms with Crippen molar-refractivity contribution in [3.05, 3.63) is 54.5 Å². The minimum Gasteiger partial charge on any atom is -0.426 e. The largest absolute Gasteiger partial charge is 0.426 e. The average Bonchev–Trinajstić information content (AvgIpc) is 3.01. The lowest BCUT2D eigenvalue weighted by Crippen LogP contribution is -2.35. The molecule has 3 heterocycles. The predicted octanol–water partition coefficient (Wildman–Crippen LogP) is 1.05. The van der Waals surface area contributed by atoms with Gasteiger partial charge in [0, 0.05) is 0 Å². The Morgan fingerprint density at radius 2 is 2.07 bits per heavy atom. The summed E-state index contributed by atoms with van der Waals surface area (Å²) in [5.41, 5.74) is 2.66. The number of anilines is 1. The standard InChI is InChI=1S/C18H18FN4O6P/c19-8-17-16(29-30(26)28-10-4-2-1-3-5-10)18(17,25)14(24)13(27-17)11-6-7-12-15(20)21-9-22-23(11)12/h1-7,9,13-14,16,24-25,30H,8H2,(H2,20,21,22)/t13-,14-,16?,17+,18+/m0/s1. The number of rotatable bonds is 6. The van der Waals surface area contributed by atoms with E-state index in [4.69, 9.17) is 19.5 Å². The topological polar surface area (TPSA) is 141 Å². The number of alkyl halides is 1. The molecule has 2 fully saturated rings. The number of fused-ring (bicyclic) bond motifs is 2. The fraction of sp³-hybridized carbons (Fsp3) is 0.333. The first-order valence-corrected chi connectivity index (χ1v) is 10.3. The Balaban J connectivity index is 1.38. The molecule has 3 aromatic rings. The number of halogens is 1. The van der Waals surface area contributed by atoms with Gasteiger partial charge in [0.15, 0.2) is 17.0 Å². The molecule has 2 aromatic heterocycles. The van der Waals surface area contributed by atoms with Gasteiger partial charge >= 0.3 is 8.25 Å². The van der Waals surface area contributed by atoms with E-state index in [1.807, 2.05) is 0 Å². The molecular formula is C18H18FN4O6P. The van der Waals surface area contributed by atoms with E-state index in [1.165, 1.54) is 10.8 Å². The second-order valence-corrected chi connectivity index (χ2v) is 8.14. The summed E-state index contributed by atoms with van der Waals surface area (Å²) in [5.74, 6) is 0.510. The van der Waals surface area contributed by atoms with Gasteiger partial charge in [-0.15, -0.1) is 0 Å². The summed E-state index contributed by atoms with van der Waals surface area (Å²) >= 11 is 0. The number of nitrogens with zero attached hydrogens (tertiary/aromatic N) is 3. The number of nitrogens with two attached hydrogens (primary N) is 1. The van der Waals surface area contributed by atoms with Gasteiger partial charge in [-0.2, -0.15) is 5.10 Å². The van der Waals surface area contributed by atoms with Gasteiger partial charge in [-0.05, 0) is 24.3 Å². The van der Waals surface area contributed by atoms with Crippen molar-refractivity contribution in [3.8, 4) is 5.75 Å². The molecule has 1 saturated carbocycles. The van der Waals surface area contributed by atoms with Crippen LogP contribution in [-0.4, -0.2) is 54.9 Å². The van der Waals surface area contributed by atoms with Gasteiger partial charge in [0.2, 0.25) is 0 Å². The first-order chi connectivity index (χ1) is 14.4. The fourth-order valence-corrected chi connectivity index (χ4v) is 5.01. The number of hydrogen-bond donors (Lipinski definition) is 3. The van der Waals surface area contributed by atoms with Gasteiger partial charge < -0.3 is 25.2 Å². The van der Waals surface area contributed by atoms with Crippen molar-refractivity contribution in [1.29, 1.82) is 0 Å². The van der Waals surface area contributed by atoms with E-state index < -0.39 is 44.4 Å². The van der Waals surface area contributed by atoms with Gasteiger partial charge in [0.25, 0.3) is 0 Å². The van der Waals surface area contributed by atoms with Gasteiger partial charge in [0.1, 0.15) is 42.6 Å². The smallest absolute Gasteiger partial charge is 0.368 e. The van der Waals surface area contributed by atoms with Crippen LogP contribution in [0.4, 0.5) is 10.2 Å². The van der Waals surface area contributed by atoms with Crippen LogP contribution in [0.5, 0.6) is 5.75 Å². The second kappa shape index (κ2) is 6.73. The van der Waals surface area contributed by atoms with Gasteiger partial charge in [-0.25, -0.2) is 18.5 Å². The summed E-state index contributed by atoms with van der Waals surface area (Å²) in [4.78, 5) is 3.88. The molecule has 30 heavy (non-hydrogen) atoms. The highest BCUT2D eigenvalue weighted by atomic mass is 31.1. The molecule has 2 unspecified atom stereocenters. The van der Waals surface area contributed by atoms with Crippen LogP contribution in [0, 0.1) is 0 Å². The maximum Gasteiger partial charge on any atom is 0.368 e. The molecule has 10 nitrogen and oxygen atoms in total. The van der Waals surface area contributed by atoms with Crippen molar-refractivity contribution >= 4 is 19.6 Å². The van der Waals surface area contributed by atoms with Crippen molar-refractivity contribution in [2.24, 2.45) is 0 Å². The first-order valence-electron chi connectivity index (χ1n) is 9.08. The lowest BCUT2D eigenvalue weighted by Gasteiger charge is -2.23. The van der Waals surface area contributed by atoms with E-state index in [0.29, 0.717) is 17.0 Å². The maximum atomic E-state index is 14.0. The van der Waals surface area contributed by atoms with E-state index in [1.54, 1.807) is 42.5 Å². The zero-order valence-corrected chi connectivity index (χ0v) is 16.4. The minimum absolute atomic E-state index is 0.214. The number of aromatic nitrogens is 3. The predicted molar refractivity (Wildman–Crippen MR) is 102 cm³/mol. The molecule has 1 saturated heterocycles. The summed E-state index contributed by atoms with van der Waals surface area (Å²) in [6, 6.07) is 11.5. The molecule has 0 spiro atoms. The van der Waals surface area contributed by atoms with Crippen molar-refractivity contribution in [1.82, 2.24) is 14.6 Å². The molecule has 1 aliphatic carbocycles. The molecule has 0 bridgehead atoms. The van der Waals surface area contributed by atoms with E-state index in [9.17, 15) is 19.2 Å². The number of benzene rings is 1. The highest BCUT2D eigenvalue weighted by Crippen LogP contribution is 2.66. The van der Waals surface area contributed by atoms with E-state index in [0.717, 1.165) is 0 Å². The summed E-state index contributed by atoms with van der Waals surface area (Å²) < 4.78 is 43.9. The molecule has 4 N–H and O–H groups in total. The van der Waals surface area contributed by atoms with Crippen LogP contribution in [0.3, 0.4) is 0 Å². The number of para-hydroxylation sites is 1. The van der Waals surface area contributed by atoms with Crippen LogP contribution in [0.25, 0.3) is 5.52 Å². The Bertz CT molecular complexity index is 1130. The molecule has 2 aliphatic rings. The van der Waals surface area contributed by atoms with Crippen molar-refractivity contribution in [2.45, 2.75) is 29.5 Å².